The molecule has 2 aromatic rings. The first kappa shape index (κ1) is 7.43. The third kappa shape index (κ3) is 0.940. The number of hydrogen-bond donors (Lipinski definition) is 1. The lowest BCUT2D eigenvalue weighted by atomic mass is 10.6. The quantitative estimate of drug-likeness (QED) is 0.612. The molecule has 0 aliphatic heterocycles. The summed E-state index contributed by atoms with van der Waals surface area (Å²) >= 11 is 0. The maximum absolute atomic E-state index is 4.10. The van der Waals surface area contributed by atoms with Gasteiger partial charge in [-0.3, -0.25) is 0 Å². The summed E-state index contributed by atoms with van der Waals surface area (Å²) < 4.78 is 1.66. The largest absolute Gasteiger partial charge is 0.357 e. The first-order valence-electron chi connectivity index (χ1n) is 3.45. The van der Waals surface area contributed by atoms with Crippen molar-refractivity contribution in [1.29, 1.82) is 0 Å². The minimum atomic E-state index is 0.689. The highest BCUT2D eigenvalue weighted by Crippen LogP contribution is 2.03. The zero-order valence-corrected chi connectivity index (χ0v) is 7.68. The van der Waals surface area contributed by atoms with Gasteiger partial charge in [-0.1, -0.05) is 9.24 Å². The Morgan fingerprint density at radius 3 is 3.08 bits per heavy atom. The maximum Gasteiger partial charge on any atom is 0.227 e. The van der Waals surface area contributed by atoms with Crippen LogP contribution in [0.1, 0.15) is 0 Å². The van der Waals surface area contributed by atoms with Crippen LogP contribution in [0.15, 0.2) is 12.5 Å². The van der Waals surface area contributed by atoms with E-state index in [0.717, 1.165) is 11.0 Å². The van der Waals surface area contributed by atoms with E-state index < -0.39 is 0 Å². The van der Waals surface area contributed by atoms with Gasteiger partial charge in [0.15, 0.2) is 5.65 Å². The van der Waals surface area contributed by atoms with E-state index in [2.05, 4.69) is 29.6 Å². The third-order valence-corrected chi connectivity index (χ3v) is 1.96. The second-order valence-corrected chi connectivity index (χ2v) is 2.90. The van der Waals surface area contributed by atoms with Gasteiger partial charge >= 0.3 is 0 Å². The summed E-state index contributed by atoms with van der Waals surface area (Å²) in [5.41, 5.74) is 0.805. The first-order chi connectivity index (χ1) is 5.83. The molecule has 2 aromatic heterocycles. The fraction of sp³-hybridized carbons (Fsp3) is 0.167. The van der Waals surface area contributed by atoms with Crippen molar-refractivity contribution in [3.63, 3.8) is 0 Å². The molecule has 0 fully saturated rings. The van der Waals surface area contributed by atoms with E-state index in [4.69, 9.17) is 0 Å². The summed E-state index contributed by atoms with van der Waals surface area (Å²) in [6, 6.07) is 0. The van der Waals surface area contributed by atoms with Crippen LogP contribution in [0.5, 0.6) is 0 Å². The number of aromatic nitrogens is 4. The monoisotopic (exact) mass is 181 g/mol. The molecule has 0 radical (unpaired) electrons. The zero-order chi connectivity index (χ0) is 8.55. The molecular formula is C6H8N5P. The second-order valence-electron chi connectivity index (χ2n) is 2.28. The fourth-order valence-corrected chi connectivity index (χ4v) is 1.27. The molecule has 0 saturated carbocycles. The molecule has 0 saturated heterocycles. The van der Waals surface area contributed by atoms with Crippen LogP contribution in [0.4, 0.5) is 5.95 Å². The Bertz CT molecular complexity index is 409. The van der Waals surface area contributed by atoms with Crippen LogP contribution in [0.25, 0.3) is 5.65 Å². The van der Waals surface area contributed by atoms with Gasteiger partial charge in [0.1, 0.15) is 6.33 Å². The van der Waals surface area contributed by atoms with Gasteiger partial charge in [0.25, 0.3) is 0 Å². The summed E-state index contributed by atoms with van der Waals surface area (Å²) in [7, 11) is 4.37. The molecule has 1 unspecified atom stereocenters. The number of hydrogen-bond acceptors (Lipinski definition) is 4. The minimum absolute atomic E-state index is 0.689. The predicted octanol–water partition coefficient (Wildman–Crippen LogP) is -0.334. The highest BCUT2D eigenvalue weighted by atomic mass is 31.0. The summed E-state index contributed by atoms with van der Waals surface area (Å²) in [6.45, 7) is 0. The van der Waals surface area contributed by atoms with Gasteiger partial charge in [-0.25, -0.2) is 9.97 Å². The van der Waals surface area contributed by atoms with E-state index in [9.17, 15) is 0 Å². The molecule has 6 heteroatoms. The third-order valence-electron chi connectivity index (χ3n) is 1.56. The van der Waals surface area contributed by atoms with Crippen LogP contribution in [0, 0.1) is 0 Å². The number of rotatable bonds is 1. The predicted molar refractivity (Wildman–Crippen MR) is 49.7 cm³/mol. The Balaban J connectivity index is 2.81. The van der Waals surface area contributed by atoms with Crippen molar-refractivity contribution in [1.82, 2.24) is 19.6 Å². The maximum atomic E-state index is 4.10. The standard InChI is InChI=1S/C6H8N5P/c1-7-6-9-3-8-5-4(12)2-10-11(5)6/h2-3H,12H2,1H3,(H,7,8,9). The summed E-state index contributed by atoms with van der Waals surface area (Å²) in [5.74, 6) is 0.689. The van der Waals surface area contributed by atoms with E-state index >= 15 is 0 Å². The van der Waals surface area contributed by atoms with Crippen molar-refractivity contribution >= 4 is 26.1 Å². The molecular weight excluding hydrogens is 173 g/mol. The van der Waals surface area contributed by atoms with Crippen LogP contribution in [-0.4, -0.2) is 26.6 Å². The van der Waals surface area contributed by atoms with Gasteiger partial charge in [-0.2, -0.15) is 9.61 Å². The van der Waals surface area contributed by atoms with Crippen LogP contribution in [-0.2, 0) is 0 Å². The van der Waals surface area contributed by atoms with E-state index in [-0.39, 0.29) is 0 Å². The summed E-state index contributed by atoms with van der Waals surface area (Å²) in [5, 5.41) is 7.99. The molecule has 0 aliphatic rings. The molecule has 12 heavy (non-hydrogen) atoms. The van der Waals surface area contributed by atoms with Crippen molar-refractivity contribution < 1.29 is 0 Å². The average molecular weight is 181 g/mol. The van der Waals surface area contributed by atoms with Crippen molar-refractivity contribution in [2.45, 2.75) is 0 Å². The number of nitrogens with zero attached hydrogens (tertiary/aromatic N) is 4. The summed E-state index contributed by atoms with van der Waals surface area (Å²) in [4.78, 5) is 8.09. The fourth-order valence-electron chi connectivity index (χ4n) is 1.00. The van der Waals surface area contributed by atoms with Crippen LogP contribution in [0.2, 0.25) is 0 Å². The van der Waals surface area contributed by atoms with Crippen LogP contribution in [0.3, 0.4) is 0 Å². The Kier molecular flexibility index (Phi) is 1.66. The molecule has 62 valence electrons. The van der Waals surface area contributed by atoms with Crippen molar-refractivity contribution in [2.75, 3.05) is 12.4 Å². The molecule has 0 spiro atoms. The highest BCUT2D eigenvalue weighted by Gasteiger charge is 2.03. The molecule has 1 atom stereocenters. The van der Waals surface area contributed by atoms with E-state index in [1.54, 1.807) is 17.8 Å². The van der Waals surface area contributed by atoms with Gasteiger partial charge in [0.05, 0.1) is 6.20 Å². The van der Waals surface area contributed by atoms with Gasteiger partial charge < -0.3 is 5.32 Å². The molecule has 2 rings (SSSR count). The van der Waals surface area contributed by atoms with Crippen molar-refractivity contribution in [3.05, 3.63) is 12.5 Å². The van der Waals surface area contributed by atoms with Gasteiger partial charge in [-0.15, -0.1) is 0 Å². The molecule has 2 heterocycles. The Hall–Kier alpha value is -1.22. The molecule has 0 aliphatic carbocycles. The lowest BCUT2D eigenvalue weighted by molar-refractivity contribution is 0.899. The first-order valence-corrected chi connectivity index (χ1v) is 4.02. The topological polar surface area (TPSA) is 55.1 Å². The molecule has 1 N–H and O–H groups in total. The van der Waals surface area contributed by atoms with E-state index in [0.29, 0.717) is 5.95 Å². The van der Waals surface area contributed by atoms with Gasteiger partial charge in [-0.05, 0) is 0 Å². The zero-order valence-electron chi connectivity index (χ0n) is 6.52. The van der Waals surface area contributed by atoms with Crippen molar-refractivity contribution in [3.8, 4) is 0 Å². The van der Waals surface area contributed by atoms with Crippen LogP contribution >= 0.6 is 9.24 Å². The van der Waals surface area contributed by atoms with Crippen LogP contribution < -0.4 is 10.6 Å². The lowest BCUT2D eigenvalue weighted by Crippen LogP contribution is -2.04. The van der Waals surface area contributed by atoms with Crippen molar-refractivity contribution in [2.24, 2.45) is 0 Å². The Morgan fingerprint density at radius 1 is 1.50 bits per heavy atom. The number of anilines is 1. The average Bonchev–Trinajstić information content (AvgIpc) is 2.48. The smallest absolute Gasteiger partial charge is 0.227 e. The minimum Gasteiger partial charge on any atom is -0.357 e. The van der Waals surface area contributed by atoms with Gasteiger partial charge in [0.2, 0.25) is 5.95 Å². The Labute approximate surface area is 71.4 Å². The van der Waals surface area contributed by atoms with E-state index in [1.165, 1.54) is 6.33 Å². The number of nitrogens with one attached hydrogen (secondary N) is 1. The molecule has 0 aromatic carbocycles. The Morgan fingerprint density at radius 2 is 2.33 bits per heavy atom. The summed E-state index contributed by atoms with van der Waals surface area (Å²) in [6.07, 6.45) is 3.24. The second kappa shape index (κ2) is 2.68. The van der Waals surface area contributed by atoms with Gasteiger partial charge in [0, 0.05) is 12.4 Å². The molecule has 0 bridgehead atoms. The van der Waals surface area contributed by atoms with E-state index in [1.807, 2.05) is 0 Å². The molecule has 0 amide bonds. The number of fused-ring (bicyclic) bond motifs is 1. The highest BCUT2D eigenvalue weighted by molar-refractivity contribution is 7.28. The molecule has 5 nitrogen and oxygen atoms in total. The normalized spacial score (nSPS) is 10.5. The SMILES string of the molecule is CNc1ncnc2c(P)cnn12. The lowest BCUT2D eigenvalue weighted by Gasteiger charge is -1.99.